The molecule has 0 bridgehead atoms. The molecule has 0 amide bonds. The highest BCUT2D eigenvalue weighted by molar-refractivity contribution is 5.67. The molecule has 1 aromatic rings. The molecule has 5 heteroatoms. The van der Waals surface area contributed by atoms with Gasteiger partial charge < -0.3 is 10.8 Å². The number of carbonyl (C=O) groups is 1. The first kappa shape index (κ1) is 9.60. The second kappa shape index (κ2) is 3.95. The Hall–Kier alpha value is -1.49. The molecule has 0 spiro atoms. The van der Waals surface area contributed by atoms with Gasteiger partial charge in [0, 0.05) is 17.8 Å². The second-order valence-electron chi connectivity index (χ2n) is 2.60. The van der Waals surface area contributed by atoms with Crippen molar-refractivity contribution in [1.82, 2.24) is 4.98 Å². The van der Waals surface area contributed by atoms with Crippen LogP contribution < -0.4 is 5.73 Å². The number of carboxylic acid groups (broad SMARTS) is 1. The van der Waals surface area contributed by atoms with Gasteiger partial charge in [-0.25, -0.2) is 4.39 Å². The van der Waals surface area contributed by atoms with Gasteiger partial charge in [-0.05, 0) is 6.07 Å². The van der Waals surface area contributed by atoms with Gasteiger partial charge in [-0.3, -0.25) is 9.78 Å². The van der Waals surface area contributed by atoms with Gasteiger partial charge in [-0.1, -0.05) is 0 Å². The second-order valence-corrected chi connectivity index (χ2v) is 2.60. The molecule has 1 unspecified atom stereocenters. The summed E-state index contributed by atoms with van der Waals surface area (Å²) < 4.78 is 13.0. The quantitative estimate of drug-likeness (QED) is 0.724. The van der Waals surface area contributed by atoms with E-state index >= 15 is 0 Å². The third kappa shape index (κ3) is 2.48. The standard InChI is InChI=1S/C8H9FN2O2/c9-6-4-11-2-1-5(6)7(10)3-8(12)13/h1-2,4,7H,3,10H2,(H,12,13). The van der Waals surface area contributed by atoms with E-state index in [0.29, 0.717) is 0 Å². The minimum Gasteiger partial charge on any atom is -0.481 e. The molecule has 13 heavy (non-hydrogen) atoms. The van der Waals surface area contributed by atoms with Gasteiger partial charge in [-0.15, -0.1) is 0 Å². The maximum absolute atomic E-state index is 13.0. The molecule has 3 N–H and O–H groups in total. The number of aromatic nitrogens is 1. The molecular weight excluding hydrogens is 175 g/mol. The SMILES string of the molecule is NC(CC(=O)O)c1ccncc1F. The number of aliphatic carboxylic acids is 1. The van der Waals surface area contributed by atoms with Crippen molar-refractivity contribution in [3.63, 3.8) is 0 Å². The molecule has 1 rings (SSSR count). The van der Waals surface area contributed by atoms with Crippen molar-refractivity contribution in [2.45, 2.75) is 12.5 Å². The van der Waals surface area contributed by atoms with Crippen LogP contribution in [-0.2, 0) is 4.79 Å². The van der Waals surface area contributed by atoms with Crippen LogP contribution in [0.2, 0.25) is 0 Å². The maximum Gasteiger partial charge on any atom is 0.305 e. The van der Waals surface area contributed by atoms with Crippen molar-refractivity contribution in [1.29, 1.82) is 0 Å². The van der Waals surface area contributed by atoms with Gasteiger partial charge in [0.15, 0.2) is 0 Å². The van der Waals surface area contributed by atoms with E-state index in [1.54, 1.807) is 0 Å². The van der Waals surface area contributed by atoms with Crippen LogP contribution in [0.3, 0.4) is 0 Å². The molecule has 0 aliphatic rings. The predicted octanol–water partition coefficient (Wildman–Crippen LogP) is 0.695. The van der Waals surface area contributed by atoms with Crippen molar-refractivity contribution in [3.05, 3.63) is 29.8 Å². The van der Waals surface area contributed by atoms with Crippen molar-refractivity contribution in [2.75, 3.05) is 0 Å². The molecule has 0 aliphatic carbocycles. The summed E-state index contributed by atoms with van der Waals surface area (Å²) in [6.07, 6.45) is 2.10. The van der Waals surface area contributed by atoms with Gasteiger partial charge in [0.1, 0.15) is 5.82 Å². The summed E-state index contributed by atoms with van der Waals surface area (Å²) in [6, 6.07) is 0.559. The smallest absolute Gasteiger partial charge is 0.305 e. The Labute approximate surface area is 74.2 Å². The summed E-state index contributed by atoms with van der Waals surface area (Å²) in [6.45, 7) is 0. The fraction of sp³-hybridized carbons (Fsp3) is 0.250. The van der Waals surface area contributed by atoms with E-state index in [2.05, 4.69) is 4.98 Å². The lowest BCUT2D eigenvalue weighted by atomic mass is 10.1. The highest BCUT2D eigenvalue weighted by Crippen LogP contribution is 2.15. The minimum absolute atomic E-state index is 0.178. The van der Waals surface area contributed by atoms with E-state index in [4.69, 9.17) is 10.8 Å². The number of hydrogen-bond donors (Lipinski definition) is 2. The molecule has 0 radical (unpaired) electrons. The van der Waals surface area contributed by atoms with E-state index in [1.165, 1.54) is 12.3 Å². The normalized spacial score (nSPS) is 12.5. The summed E-state index contributed by atoms with van der Waals surface area (Å²) in [7, 11) is 0. The Bertz CT molecular complexity index is 317. The van der Waals surface area contributed by atoms with Crippen LogP contribution in [0, 0.1) is 5.82 Å². The van der Waals surface area contributed by atoms with Crippen LogP contribution in [0.5, 0.6) is 0 Å². The third-order valence-electron chi connectivity index (χ3n) is 1.60. The Morgan fingerprint density at radius 2 is 2.46 bits per heavy atom. The average molecular weight is 184 g/mol. The summed E-state index contributed by atoms with van der Waals surface area (Å²) >= 11 is 0. The molecular formula is C8H9FN2O2. The molecule has 0 saturated carbocycles. The Morgan fingerprint density at radius 1 is 1.77 bits per heavy atom. The molecule has 0 fully saturated rings. The molecule has 70 valence electrons. The van der Waals surface area contributed by atoms with E-state index in [-0.39, 0.29) is 12.0 Å². The van der Waals surface area contributed by atoms with Gasteiger partial charge in [0.25, 0.3) is 0 Å². The topological polar surface area (TPSA) is 76.2 Å². The number of halogens is 1. The van der Waals surface area contributed by atoms with Gasteiger partial charge in [-0.2, -0.15) is 0 Å². The summed E-state index contributed by atoms with van der Waals surface area (Å²) in [4.78, 5) is 13.8. The lowest BCUT2D eigenvalue weighted by Gasteiger charge is -2.08. The highest BCUT2D eigenvalue weighted by Gasteiger charge is 2.13. The van der Waals surface area contributed by atoms with Gasteiger partial charge in [0.2, 0.25) is 0 Å². The third-order valence-corrected chi connectivity index (χ3v) is 1.60. The van der Waals surface area contributed by atoms with E-state index in [1.807, 2.05) is 0 Å². The fourth-order valence-corrected chi connectivity index (χ4v) is 0.985. The maximum atomic E-state index is 13.0. The molecule has 1 heterocycles. The first-order valence-electron chi connectivity index (χ1n) is 3.68. The molecule has 1 aromatic heterocycles. The summed E-state index contributed by atoms with van der Waals surface area (Å²) in [5, 5.41) is 8.42. The largest absolute Gasteiger partial charge is 0.481 e. The Kier molecular flexibility index (Phi) is 2.92. The Morgan fingerprint density at radius 3 is 3.00 bits per heavy atom. The number of pyridine rings is 1. The zero-order chi connectivity index (χ0) is 9.84. The van der Waals surface area contributed by atoms with Crippen molar-refractivity contribution in [2.24, 2.45) is 5.73 Å². The zero-order valence-corrected chi connectivity index (χ0v) is 6.77. The van der Waals surface area contributed by atoms with Crippen LogP contribution in [0.15, 0.2) is 18.5 Å². The number of hydrogen-bond acceptors (Lipinski definition) is 3. The first-order chi connectivity index (χ1) is 6.11. The highest BCUT2D eigenvalue weighted by atomic mass is 19.1. The molecule has 0 aliphatic heterocycles. The lowest BCUT2D eigenvalue weighted by molar-refractivity contribution is -0.137. The Balaban J connectivity index is 2.82. The summed E-state index contributed by atoms with van der Waals surface area (Å²) in [5.41, 5.74) is 5.63. The minimum atomic E-state index is -1.05. The first-order valence-corrected chi connectivity index (χ1v) is 3.68. The number of rotatable bonds is 3. The molecule has 4 nitrogen and oxygen atoms in total. The average Bonchev–Trinajstić information content (AvgIpc) is 2.03. The monoisotopic (exact) mass is 184 g/mol. The van der Waals surface area contributed by atoms with Crippen LogP contribution >= 0.6 is 0 Å². The van der Waals surface area contributed by atoms with E-state index in [9.17, 15) is 9.18 Å². The zero-order valence-electron chi connectivity index (χ0n) is 6.77. The van der Waals surface area contributed by atoms with Gasteiger partial charge >= 0.3 is 5.97 Å². The van der Waals surface area contributed by atoms with Crippen LogP contribution in [0.25, 0.3) is 0 Å². The molecule has 0 aromatic carbocycles. The predicted molar refractivity (Wildman–Crippen MR) is 43.4 cm³/mol. The number of carboxylic acids is 1. The molecule has 0 saturated heterocycles. The fourth-order valence-electron chi connectivity index (χ4n) is 0.985. The van der Waals surface area contributed by atoms with Gasteiger partial charge in [0.05, 0.1) is 12.6 Å². The molecule has 1 atom stereocenters. The van der Waals surface area contributed by atoms with Crippen molar-refractivity contribution in [3.8, 4) is 0 Å². The van der Waals surface area contributed by atoms with Crippen molar-refractivity contribution >= 4 is 5.97 Å². The summed E-state index contributed by atoms with van der Waals surface area (Å²) in [5.74, 6) is -1.63. The van der Waals surface area contributed by atoms with E-state index < -0.39 is 17.8 Å². The number of nitrogens with zero attached hydrogens (tertiary/aromatic N) is 1. The van der Waals surface area contributed by atoms with E-state index in [0.717, 1.165) is 6.20 Å². The van der Waals surface area contributed by atoms with Crippen LogP contribution in [0.4, 0.5) is 4.39 Å². The van der Waals surface area contributed by atoms with Crippen LogP contribution in [-0.4, -0.2) is 16.1 Å². The van der Waals surface area contributed by atoms with Crippen LogP contribution in [0.1, 0.15) is 18.0 Å². The number of nitrogens with two attached hydrogens (primary N) is 1. The lowest BCUT2D eigenvalue weighted by Crippen LogP contribution is -2.16. The van der Waals surface area contributed by atoms with Crippen molar-refractivity contribution < 1.29 is 14.3 Å².